The molecule has 0 heterocycles. The first-order valence-electron chi connectivity index (χ1n) is 7.82. The van der Waals surface area contributed by atoms with Crippen LogP contribution in [0, 0.1) is 13.8 Å². The number of carbonyl (C=O) groups is 2. The number of hydrogen-bond acceptors (Lipinski definition) is 3. The molecule has 2 rings (SSSR count). The van der Waals surface area contributed by atoms with Crippen molar-refractivity contribution in [1.29, 1.82) is 0 Å². The minimum atomic E-state index is -0.238. The van der Waals surface area contributed by atoms with Gasteiger partial charge in [-0.3, -0.25) is 9.59 Å². The van der Waals surface area contributed by atoms with Crippen molar-refractivity contribution in [3.8, 4) is 5.75 Å². The van der Waals surface area contributed by atoms with E-state index in [1.54, 1.807) is 31.3 Å². The van der Waals surface area contributed by atoms with Gasteiger partial charge in [0.2, 0.25) is 5.91 Å². The molecule has 126 valence electrons. The van der Waals surface area contributed by atoms with Gasteiger partial charge in [-0.15, -0.1) is 0 Å². The van der Waals surface area contributed by atoms with Gasteiger partial charge in [0.15, 0.2) is 0 Å². The van der Waals surface area contributed by atoms with E-state index in [1.165, 1.54) is 0 Å². The Morgan fingerprint density at radius 1 is 1.08 bits per heavy atom. The third-order valence-electron chi connectivity index (χ3n) is 3.60. The molecule has 5 heteroatoms. The van der Waals surface area contributed by atoms with E-state index in [-0.39, 0.29) is 24.8 Å². The van der Waals surface area contributed by atoms with E-state index in [9.17, 15) is 9.59 Å². The predicted octanol–water partition coefficient (Wildman–Crippen LogP) is 3.07. The molecule has 2 aromatic rings. The number of rotatable bonds is 6. The monoisotopic (exact) mass is 326 g/mol. The third kappa shape index (κ3) is 4.59. The second kappa shape index (κ2) is 8.15. The summed E-state index contributed by atoms with van der Waals surface area (Å²) in [5, 5.41) is 5.31. The van der Waals surface area contributed by atoms with Crippen LogP contribution in [-0.2, 0) is 4.79 Å². The van der Waals surface area contributed by atoms with E-state index >= 15 is 0 Å². The Kier molecular flexibility index (Phi) is 5.95. The van der Waals surface area contributed by atoms with Gasteiger partial charge in [-0.25, -0.2) is 0 Å². The molecule has 2 aromatic carbocycles. The zero-order valence-corrected chi connectivity index (χ0v) is 14.2. The quantitative estimate of drug-likeness (QED) is 0.857. The summed E-state index contributed by atoms with van der Waals surface area (Å²) < 4.78 is 5.68. The zero-order valence-electron chi connectivity index (χ0n) is 14.2. The van der Waals surface area contributed by atoms with Gasteiger partial charge in [-0.05, 0) is 43.2 Å². The van der Waals surface area contributed by atoms with E-state index in [4.69, 9.17) is 4.74 Å². The Bertz CT molecular complexity index is 741. The smallest absolute Gasteiger partial charge is 0.253 e. The molecule has 0 aliphatic heterocycles. The molecule has 24 heavy (non-hydrogen) atoms. The largest absolute Gasteiger partial charge is 0.493 e. The molecule has 0 bridgehead atoms. The van der Waals surface area contributed by atoms with E-state index < -0.39 is 0 Å². The highest BCUT2D eigenvalue weighted by Crippen LogP contribution is 2.19. The Labute approximate surface area is 142 Å². The minimum absolute atomic E-state index is 0.198. The predicted molar refractivity (Wildman–Crippen MR) is 94.5 cm³/mol. The van der Waals surface area contributed by atoms with Crippen LogP contribution in [0.3, 0.4) is 0 Å². The van der Waals surface area contributed by atoms with Gasteiger partial charge in [0.25, 0.3) is 5.91 Å². The Hall–Kier alpha value is -2.82. The standard InChI is InChI=1S/C19H22N2O3/c1-13-8-9-14(2)17(12-13)24-11-10-18(22)21-16-7-5-4-6-15(16)19(23)20-3/h4-9,12H,10-11H2,1-3H3,(H,20,23)(H,21,22). The molecule has 0 unspecified atom stereocenters. The fraction of sp³-hybridized carbons (Fsp3) is 0.263. The number of para-hydroxylation sites is 1. The number of aryl methyl sites for hydroxylation is 2. The average Bonchev–Trinajstić information content (AvgIpc) is 2.57. The molecular formula is C19H22N2O3. The van der Waals surface area contributed by atoms with Crippen molar-refractivity contribution in [2.45, 2.75) is 20.3 Å². The normalized spacial score (nSPS) is 10.1. The minimum Gasteiger partial charge on any atom is -0.493 e. The summed E-state index contributed by atoms with van der Waals surface area (Å²) >= 11 is 0. The third-order valence-corrected chi connectivity index (χ3v) is 3.60. The molecule has 0 aromatic heterocycles. The lowest BCUT2D eigenvalue weighted by Gasteiger charge is -2.12. The number of nitrogens with one attached hydrogen (secondary N) is 2. The van der Waals surface area contributed by atoms with Crippen molar-refractivity contribution in [2.24, 2.45) is 0 Å². The molecule has 0 saturated carbocycles. The van der Waals surface area contributed by atoms with Crippen LogP contribution >= 0.6 is 0 Å². The number of carbonyl (C=O) groups excluding carboxylic acids is 2. The summed E-state index contributed by atoms with van der Waals surface area (Å²) in [6.45, 7) is 4.24. The number of benzene rings is 2. The Morgan fingerprint density at radius 3 is 2.58 bits per heavy atom. The van der Waals surface area contributed by atoms with Crippen molar-refractivity contribution in [2.75, 3.05) is 19.0 Å². The van der Waals surface area contributed by atoms with Crippen LogP contribution < -0.4 is 15.4 Å². The molecule has 2 N–H and O–H groups in total. The van der Waals surface area contributed by atoms with Crippen LogP contribution in [-0.4, -0.2) is 25.5 Å². The van der Waals surface area contributed by atoms with Gasteiger partial charge >= 0.3 is 0 Å². The van der Waals surface area contributed by atoms with Gasteiger partial charge < -0.3 is 15.4 Å². The molecule has 0 saturated heterocycles. The summed E-state index contributed by atoms with van der Waals surface area (Å²) in [6.07, 6.45) is 0.204. The van der Waals surface area contributed by atoms with Gasteiger partial charge in [0.1, 0.15) is 5.75 Å². The molecule has 0 atom stereocenters. The average molecular weight is 326 g/mol. The summed E-state index contributed by atoms with van der Waals surface area (Å²) in [4.78, 5) is 23.9. The van der Waals surface area contributed by atoms with Crippen LogP contribution in [0.25, 0.3) is 0 Å². The van der Waals surface area contributed by atoms with Crippen LogP contribution in [0.4, 0.5) is 5.69 Å². The second-order valence-corrected chi connectivity index (χ2v) is 5.54. The maximum Gasteiger partial charge on any atom is 0.253 e. The lowest BCUT2D eigenvalue weighted by molar-refractivity contribution is -0.116. The summed E-state index contributed by atoms with van der Waals surface area (Å²) in [7, 11) is 1.55. The first kappa shape index (κ1) is 17.5. The van der Waals surface area contributed by atoms with Gasteiger partial charge in [0, 0.05) is 7.05 Å². The molecule has 0 radical (unpaired) electrons. The molecular weight excluding hydrogens is 304 g/mol. The topological polar surface area (TPSA) is 67.4 Å². The summed E-state index contributed by atoms with van der Waals surface area (Å²) in [6, 6.07) is 12.9. The fourth-order valence-corrected chi connectivity index (χ4v) is 2.25. The van der Waals surface area contributed by atoms with Crippen molar-refractivity contribution >= 4 is 17.5 Å². The summed E-state index contributed by atoms with van der Waals surface area (Å²) in [5.41, 5.74) is 3.07. The van der Waals surface area contributed by atoms with Crippen LogP contribution in [0.5, 0.6) is 5.75 Å². The SMILES string of the molecule is CNC(=O)c1ccccc1NC(=O)CCOc1cc(C)ccc1C. The van der Waals surface area contributed by atoms with Crippen LogP contribution in [0.2, 0.25) is 0 Å². The highest BCUT2D eigenvalue weighted by Gasteiger charge is 2.11. The second-order valence-electron chi connectivity index (χ2n) is 5.54. The maximum absolute atomic E-state index is 12.1. The van der Waals surface area contributed by atoms with E-state index in [2.05, 4.69) is 10.6 Å². The van der Waals surface area contributed by atoms with Gasteiger partial charge in [-0.2, -0.15) is 0 Å². The van der Waals surface area contributed by atoms with Crippen molar-refractivity contribution in [1.82, 2.24) is 5.32 Å². The van der Waals surface area contributed by atoms with Gasteiger partial charge in [-0.1, -0.05) is 24.3 Å². The van der Waals surface area contributed by atoms with E-state index in [0.717, 1.165) is 16.9 Å². The van der Waals surface area contributed by atoms with Crippen LogP contribution in [0.1, 0.15) is 27.9 Å². The Balaban J connectivity index is 1.92. The highest BCUT2D eigenvalue weighted by molar-refractivity contribution is 6.03. The molecule has 0 aliphatic rings. The molecule has 0 fully saturated rings. The first-order chi connectivity index (χ1) is 11.5. The lowest BCUT2D eigenvalue weighted by Crippen LogP contribution is -2.22. The van der Waals surface area contributed by atoms with Crippen molar-refractivity contribution in [3.05, 3.63) is 59.2 Å². The Morgan fingerprint density at radius 2 is 1.83 bits per heavy atom. The van der Waals surface area contributed by atoms with Crippen LogP contribution in [0.15, 0.2) is 42.5 Å². The van der Waals surface area contributed by atoms with E-state index in [0.29, 0.717) is 11.3 Å². The zero-order chi connectivity index (χ0) is 17.5. The van der Waals surface area contributed by atoms with Crippen molar-refractivity contribution < 1.29 is 14.3 Å². The number of hydrogen-bond donors (Lipinski definition) is 2. The number of anilines is 1. The fourth-order valence-electron chi connectivity index (χ4n) is 2.25. The number of ether oxygens (including phenoxy) is 1. The first-order valence-corrected chi connectivity index (χ1v) is 7.82. The number of amides is 2. The van der Waals surface area contributed by atoms with E-state index in [1.807, 2.05) is 32.0 Å². The molecule has 0 aliphatic carbocycles. The lowest BCUT2D eigenvalue weighted by atomic mass is 10.1. The molecule has 2 amide bonds. The summed E-state index contributed by atoms with van der Waals surface area (Å²) in [5.74, 6) is 0.350. The maximum atomic E-state index is 12.1. The van der Waals surface area contributed by atoms with Gasteiger partial charge in [0.05, 0.1) is 24.3 Å². The van der Waals surface area contributed by atoms with Crippen molar-refractivity contribution in [3.63, 3.8) is 0 Å². The molecule has 0 spiro atoms. The highest BCUT2D eigenvalue weighted by atomic mass is 16.5. The molecule has 5 nitrogen and oxygen atoms in total.